The van der Waals surface area contributed by atoms with Crippen LogP contribution in [0.1, 0.15) is 58.4 Å². The average Bonchev–Trinajstić information content (AvgIpc) is 3.22. The van der Waals surface area contributed by atoms with Gasteiger partial charge in [-0.15, -0.1) is 11.3 Å². The second-order valence-electron chi connectivity index (χ2n) is 6.42. The summed E-state index contributed by atoms with van der Waals surface area (Å²) >= 11 is 1.21. The molecule has 8 nitrogen and oxygen atoms in total. The third kappa shape index (κ3) is 5.94. The van der Waals surface area contributed by atoms with Gasteiger partial charge in [0.1, 0.15) is 9.88 Å². The molecule has 0 fully saturated rings. The van der Waals surface area contributed by atoms with Crippen molar-refractivity contribution in [3.05, 3.63) is 33.0 Å². The summed E-state index contributed by atoms with van der Waals surface area (Å²) in [5, 5.41) is 10.2. The van der Waals surface area contributed by atoms with Gasteiger partial charge in [0.15, 0.2) is 11.7 Å². The normalized spacial score (nSPS) is 13.3. The zero-order valence-corrected chi connectivity index (χ0v) is 18.2. The maximum Gasteiger partial charge on any atom is 0.435 e. The van der Waals surface area contributed by atoms with E-state index in [9.17, 15) is 18.0 Å². The fraction of sp³-hybridized carbons (Fsp3) is 0.556. The summed E-state index contributed by atoms with van der Waals surface area (Å²) in [5.74, 6) is -0.102. The summed E-state index contributed by atoms with van der Waals surface area (Å²) in [6.07, 6.45) is -3.25. The van der Waals surface area contributed by atoms with Crippen LogP contribution in [-0.2, 0) is 24.5 Å². The van der Waals surface area contributed by atoms with Gasteiger partial charge < -0.3 is 15.4 Å². The van der Waals surface area contributed by atoms with Crippen LogP contribution in [-0.4, -0.2) is 39.8 Å². The van der Waals surface area contributed by atoms with Gasteiger partial charge >= 0.3 is 12.1 Å². The molecule has 0 radical (unpaired) electrons. The lowest BCUT2D eigenvalue weighted by molar-refractivity contribution is -0.142. The predicted molar refractivity (Wildman–Crippen MR) is 107 cm³/mol. The topological polar surface area (TPSA) is 93.4 Å². The molecule has 12 heteroatoms. The highest BCUT2D eigenvalue weighted by Crippen LogP contribution is 2.31. The number of hydrogen-bond acceptors (Lipinski definition) is 6. The van der Waals surface area contributed by atoms with Crippen molar-refractivity contribution < 1.29 is 22.7 Å². The first kappa shape index (κ1) is 23.6. The molecule has 2 N–H and O–H groups in total. The lowest BCUT2D eigenvalue weighted by Gasteiger charge is -2.16. The molecule has 0 saturated heterocycles. The van der Waals surface area contributed by atoms with Gasteiger partial charge in [0.2, 0.25) is 0 Å². The van der Waals surface area contributed by atoms with E-state index in [1.54, 1.807) is 13.8 Å². The van der Waals surface area contributed by atoms with Crippen molar-refractivity contribution in [2.24, 2.45) is 12.0 Å². The van der Waals surface area contributed by atoms with Crippen LogP contribution in [0.2, 0.25) is 0 Å². The summed E-state index contributed by atoms with van der Waals surface area (Å²) in [5.41, 5.74) is -0.411. The number of halogens is 3. The lowest BCUT2D eigenvalue weighted by atomic mass is 10.2. The third-order valence-electron chi connectivity index (χ3n) is 3.92. The van der Waals surface area contributed by atoms with Crippen LogP contribution in [0.25, 0.3) is 0 Å². The standard InChI is InChI=1S/C18H25F3N6O2S/c1-6-22-17(23-8-12-9-27(5)26-14(12)18(19,20)21)25-11(4)15-24-10(3)13(30-15)16(28)29-7-2/h9,11H,6-8H2,1-5H3,(H2,22,23,25). The Kier molecular flexibility index (Phi) is 7.82. The Morgan fingerprint density at radius 2 is 2.10 bits per heavy atom. The minimum absolute atomic E-state index is 0.0236. The fourth-order valence-corrected chi connectivity index (χ4v) is 3.59. The summed E-state index contributed by atoms with van der Waals surface area (Å²) in [6, 6.07) is -0.328. The largest absolute Gasteiger partial charge is 0.462 e. The van der Waals surface area contributed by atoms with Crippen LogP contribution in [0.4, 0.5) is 13.2 Å². The SMILES string of the molecule is CCNC(=NCc1cn(C)nc1C(F)(F)F)NC(C)c1nc(C)c(C(=O)OCC)s1. The Bertz CT molecular complexity index is 906. The van der Waals surface area contributed by atoms with Crippen LogP contribution < -0.4 is 10.6 Å². The van der Waals surface area contributed by atoms with Crippen LogP contribution in [0.15, 0.2) is 11.2 Å². The maximum atomic E-state index is 13.1. The molecule has 2 aromatic heterocycles. The second kappa shape index (κ2) is 9.92. The van der Waals surface area contributed by atoms with E-state index in [0.717, 1.165) is 4.68 Å². The number of carbonyl (C=O) groups excluding carboxylic acids is 1. The zero-order valence-electron chi connectivity index (χ0n) is 17.4. The van der Waals surface area contributed by atoms with Crippen molar-refractivity contribution in [1.82, 2.24) is 25.4 Å². The Morgan fingerprint density at radius 3 is 2.70 bits per heavy atom. The number of nitrogens with one attached hydrogen (secondary N) is 2. The van der Waals surface area contributed by atoms with Crippen LogP contribution in [0, 0.1) is 6.92 Å². The highest BCUT2D eigenvalue weighted by molar-refractivity contribution is 7.13. The molecule has 0 amide bonds. The van der Waals surface area contributed by atoms with Gasteiger partial charge in [-0.25, -0.2) is 14.8 Å². The zero-order chi connectivity index (χ0) is 22.5. The Morgan fingerprint density at radius 1 is 1.40 bits per heavy atom. The van der Waals surface area contributed by atoms with Crippen molar-refractivity contribution in [1.29, 1.82) is 0 Å². The number of esters is 1. The van der Waals surface area contributed by atoms with E-state index in [1.807, 2.05) is 13.8 Å². The van der Waals surface area contributed by atoms with Crippen molar-refractivity contribution in [3.8, 4) is 0 Å². The van der Waals surface area contributed by atoms with E-state index < -0.39 is 17.8 Å². The molecule has 1 atom stereocenters. The molecule has 2 heterocycles. The number of nitrogens with zero attached hydrogens (tertiary/aromatic N) is 4. The summed E-state index contributed by atoms with van der Waals surface area (Å²) < 4.78 is 45.5. The molecule has 0 aliphatic rings. The first-order valence-electron chi connectivity index (χ1n) is 9.35. The minimum atomic E-state index is -4.55. The molecule has 0 aliphatic heterocycles. The quantitative estimate of drug-likeness (QED) is 0.386. The van der Waals surface area contributed by atoms with E-state index in [1.165, 1.54) is 24.6 Å². The molecular weight excluding hydrogens is 421 g/mol. The first-order valence-corrected chi connectivity index (χ1v) is 10.2. The summed E-state index contributed by atoms with van der Waals surface area (Å²) in [6.45, 7) is 7.71. The number of aromatic nitrogens is 3. The van der Waals surface area contributed by atoms with Gasteiger partial charge in [-0.2, -0.15) is 18.3 Å². The van der Waals surface area contributed by atoms with Gasteiger partial charge in [-0.05, 0) is 27.7 Å². The first-order chi connectivity index (χ1) is 14.1. The highest BCUT2D eigenvalue weighted by atomic mass is 32.1. The molecule has 0 saturated carbocycles. The summed E-state index contributed by atoms with van der Waals surface area (Å²) in [7, 11) is 1.43. The number of guanidine groups is 1. The number of hydrogen-bond donors (Lipinski definition) is 2. The highest BCUT2D eigenvalue weighted by Gasteiger charge is 2.36. The number of carbonyl (C=O) groups is 1. The molecule has 0 aliphatic carbocycles. The average molecular weight is 446 g/mol. The number of ether oxygens (including phenoxy) is 1. The Labute approximate surface area is 176 Å². The van der Waals surface area contributed by atoms with Gasteiger partial charge in [-0.3, -0.25) is 4.68 Å². The molecular formula is C18H25F3N6O2S. The van der Waals surface area contributed by atoms with Crippen LogP contribution in [0.3, 0.4) is 0 Å². The van der Waals surface area contributed by atoms with E-state index in [2.05, 4.69) is 25.7 Å². The molecule has 1 unspecified atom stereocenters. The molecule has 0 aromatic carbocycles. The number of thiazole rings is 1. The molecule has 0 spiro atoms. The van der Waals surface area contributed by atoms with E-state index in [-0.39, 0.29) is 24.8 Å². The van der Waals surface area contributed by atoms with Crippen molar-refractivity contribution in [3.63, 3.8) is 0 Å². The fourth-order valence-electron chi connectivity index (χ4n) is 2.63. The second-order valence-corrected chi connectivity index (χ2v) is 7.45. The molecule has 166 valence electrons. The van der Waals surface area contributed by atoms with Crippen molar-refractivity contribution in [2.45, 2.75) is 46.5 Å². The van der Waals surface area contributed by atoms with Crippen molar-refractivity contribution >= 4 is 23.3 Å². The van der Waals surface area contributed by atoms with Gasteiger partial charge in [-0.1, -0.05) is 0 Å². The summed E-state index contributed by atoms with van der Waals surface area (Å²) in [4.78, 5) is 21.1. The van der Waals surface area contributed by atoms with E-state index in [0.29, 0.717) is 28.1 Å². The number of rotatable bonds is 7. The van der Waals surface area contributed by atoms with Gasteiger partial charge in [0.05, 0.1) is 24.9 Å². The molecule has 2 rings (SSSR count). The smallest absolute Gasteiger partial charge is 0.435 e. The minimum Gasteiger partial charge on any atom is -0.462 e. The van der Waals surface area contributed by atoms with Crippen LogP contribution in [0.5, 0.6) is 0 Å². The molecule has 0 bridgehead atoms. The predicted octanol–water partition coefficient (Wildman–Crippen LogP) is 3.20. The Balaban J connectivity index is 2.18. The van der Waals surface area contributed by atoms with Gasteiger partial charge in [0.25, 0.3) is 0 Å². The number of aryl methyl sites for hydroxylation is 2. The molecule has 30 heavy (non-hydrogen) atoms. The number of aliphatic imine (C=N–C) groups is 1. The Hall–Kier alpha value is -2.63. The number of alkyl halides is 3. The molecule has 2 aromatic rings. The third-order valence-corrected chi connectivity index (χ3v) is 5.24. The van der Waals surface area contributed by atoms with Crippen LogP contribution >= 0.6 is 11.3 Å². The monoisotopic (exact) mass is 446 g/mol. The van der Waals surface area contributed by atoms with Gasteiger partial charge in [0, 0.05) is 25.4 Å². The van der Waals surface area contributed by atoms with E-state index in [4.69, 9.17) is 4.74 Å². The maximum absolute atomic E-state index is 13.1. The van der Waals surface area contributed by atoms with E-state index >= 15 is 0 Å². The lowest BCUT2D eigenvalue weighted by Crippen LogP contribution is -2.38. The van der Waals surface area contributed by atoms with Crippen molar-refractivity contribution in [2.75, 3.05) is 13.2 Å².